The third-order valence-corrected chi connectivity index (χ3v) is 4.18. The van der Waals surface area contributed by atoms with Gasteiger partial charge in [0.1, 0.15) is 11.5 Å². The molecule has 0 unspecified atom stereocenters. The second kappa shape index (κ2) is 8.29. The van der Waals surface area contributed by atoms with Crippen molar-refractivity contribution in [3.8, 4) is 5.75 Å². The molecule has 1 aliphatic rings. The summed E-state index contributed by atoms with van der Waals surface area (Å²) in [6.07, 6.45) is 7.15. The Morgan fingerprint density at radius 3 is 2.71 bits per heavy atom. The minimum atomic E-state index is 0.162. The molecule has 2 rings (SSSR count). The van der Waals surface area contributed by atoms with E-state index in [2.05, 4.69) is 15.3 Å². The van der Waals surface area contributed by atoms with Gasteiger partial charge in [0.05, 0.1) is 12.3 Å². The molecule has 0 saturated carbocycles. The van der Waals surface area contributed by atoms with Gasteiger partial charge in [-0.05, 0) is 45.2 Å². The fraction of sp³-hybridized carbons (Fsp3) is 0.750. The monoisotopic (exact) mass is 293 g/mol. The minimum Gasteiger partial charge on any atom is -0.504 e. The summed E-state index contributed by atoms with van der Waals surface area (Å²) in [4.78, 5) is 8.78. The molecule has 2 heterocycles. The summed E-state index contributed by atoms with van der Waals surface area (Å²) in [5, 5.41) is 13.3. The quantitative estimate of drug-likeness (QED) is 0.755. The lowest BCUT2D eigenvalue weighted by atomic mass is 9.92. The van der Waals surface area contributed by atoms with E-state index in [1.54, 1.807) is 7.11 Å². The Labute approximate surface area is 127 Å². The molecule has 5 nitrogen and oxygen atoms in total. The van der Waals surface area contributed by atoms with Crippen molar-refractivity contribution in [2.75, 3.05) is 20.2 Å². The van der Waals surface area contributed by atoms with Crippen molar-refractivity contribution in [2.45, 2.75) is 52.1 Å². The van der Waals surface area contributed by atoms with E-state index in [9.17, 15) is 5.11 Å². The molecule has 1 aromatic rings. The fourth-order valence-corrected chi connectivity index (χ4v) is 2.92. The van der Waals surface area contributed by atoms with E-state index in [0.717, 1.165) is 24.6 Å². The van der Waals surface area contributed by atoms with Crippen molar-refractivity contribution in [1.82, 2.24) is 15.3 Å². The number of nitrogens with one attached hydrogen (secondary N) is 1. The van der Waals surface area contributed by atoms with Gasteiger partial charge >= 0.3 is 0 Å². The molecule has 1 aromatic heterocycles. The second-order valence-corrected chi connectivity index (χ2v) is 5.89. The first-order valence-electron chi connectivity index (χ1n) is 7.95. The van der Waals surface area contributed by atoms with Crippen LogP contribution in [0, 0.1) is 12.8 Å². The zero-order valence-corrected chi connectivity index (χ0v) is 13.2. The Morgan fingerprint density at radius 1 is 1.24 bits per heavy atom. The van der Waals surface area contributed by atoms with Crippen LogP contribution in [0.3, 0.4) is 0 Å². The maximum atomic E-state index is 9.88. The number of aromatic nitrogens is 2. The van der Waals surface area contributed by atoms with E-state index in [4.69, 9.17) is 4.74 Å². The predicted molar refractivity (Wildman–Crippen MR) is 82.3 cm³/mol. The smallest absolute Gasteiger partial charge is 0.160 e. The van der Waals surface area contributed by atoms with Crippen LogP contribution in [0.25, 0.3) is 0 Å². The first-order valence-corrected chi connectivity index (χ1v) is 7.95. The van der Waals surface area contributed by atoms with E-state index >= 15 is 0 Å². The minimum absolute atomic E-state index is 0.162. The van der Waals surface area contributed by atoms with Crippen LogP contribution >= 0.6 is 0 Å². The van der Waals surface area contributed by atoms with Gasteiger partial charge in [-0.15, -0.1) is 0 Å². The first kappa shape index (κ1) is 16.2. The molecule has 0 atom stereocenters. The van der Waals surface area contributed by atoms with Gasteiger partial charge in [-0.3, -0.25) is 0 Å². The molecule has 0 spiro atoms. The molecule has 2 N–H and O–H groups in total. The maximum Gasteiger partial charge on any atom is 0.160 e. The van der Waals surface area contributed by atoms with Crippen molar-refractivity contribution < 1.29 is 9.84 Å². The van der Waals surface area contributed by atoms with E-state index < -0.39 is 0 Å². The summed E-state index contributed by atoms with van der Waals surface area (Å²) in [6.45, 7) is 4.49. The van der Waals surface area contributed by atoms with Crippen LogP contribution < -0.4 is 5.32 Å². The Balaban J connectivity index is 1.79. The van der Waals surface area contributed by atoms with Crippen molar-refractivity contribution in [3.63, 3.8) is 0 Å². The number of rotatable bonds is 7. The molecule has 118 valence electrons. The average Bonchev–Trinajstić information content (AvgIpc) is 2.50. The number of aryl methyl sites for hydroxylation is 2. The van der Waals surface area contributed by atoms with Crippen LogP contribution in [0.2, 0.25) is 0 Å². The number of aromatic hydroxyl groups is 1. The summed E-state index contributed by atoms with van der Waals surface area (Å²) < 4.78 is 5.07. The molecule has 0 aromatic carbocycles. The largest absolute Gasteiger partial charge is 0.504 e. The molecule has 1 saturated heterocycles. The topological polar surface area (TPSA) is 67.3 Å². The summed E-state index contributed by atoms with van der Waals surface area (Å²) in [7, 11) is 1.61. The Hall–Kier alpha value is -1.20. The van der Waals surface area contributed by atoms with Crippen molar-refractivity contribution in [2.24, 2.45) is 5.92 Å². The SMILES string of the molecule is COCc1nc(CCCCC2CCNCC2)nc(C)c1O. The summed E-state index contributed by atoms with van der Waals surface area (Å²) in [5.74, 6) is 1.87. The standard InChI is InChI=1S/C16H27N3O2/c1-12-16(20)14(11-21-2)19-15(18-12)6-4-3-5-13-7-9-17-10-8-13/h13,17,20H,3-11H2,1-2H3. The molecule has 1 aliphatic heterocycles. The van der Waals surface area contributed by atoms with Crippen LogP contribution in [0.5, 0.6) is 5.75 Å². The Kier molecular flexibility index (Phi) is 6.39. The third-order valence-electron chi connectivity index (χ3n) is 4.18. The lowest BCUT2D eigenvalue weighted by Gasteiger charge is -2.22. The van der Waals surface area contributed by atoms with Crippen molar-refractivity contribution in [1.29, 1.82) is 0 Å². The average molecular weight is 293 g/mol. The Bertz CT molecular complexity index is 445. The number of hydrogen-bond acceptors (Lipinski definition) is 5. The van der Waals surface area contributed by atoms with Crippen LogP contribution in [-0.4, -0.2) is 35.3 Å². The van der Waals surface area contributed by atoms with Crippen LogP contribution in [0.4, 0.5) is 0 Å². The molecule has 0 amide bonds. The van der Waals surface area contributed by atoms with E-state index in [-0.39, 0.29) is 5.75 Å². The van der Waals surface area contributed by atoms with Gasteiger partial charge < -0.3 is 15.2 Å². The summed E-state index contributed by atoms with van der Waals surface area (Å²) in [6, 6.07) is 0. The van der Waals surface area contributed by atoms with Crippen LogP contribution in [-0.2, 0) is 17.8 Å². The fourth-order valence-electron chi connectivity index (χ4n) is 2.92. The molecular formula is C16H27N3O2. The highest BCUT2D eigenvalue weighted by molar-refractivity contribution is 5.30. The predicted octanol–water partition coefficient (Wildman–Crippen LogP) is 2.35. The summed E-state index contributed by atoms with van der Waals surface area (Å²) >= 11 is 0. The van der Waals surface area contributed by atoms with E-state index in [1.165, 1.54) is 38.8 Å². The number of piperidine rings is 1. The van der Waals surface area contributed by atoms with Gasteiger partial charge in [-0.25, -0.2) is 9.97 Å². The van der Waals surface area contributed by atoms with Gasteiger partial charge in [-0.2, -0.15) is 0 Å². The normalized spacial score (nSPS) is 16.3. The van der Waals surface area contributed by atoms with E-state index in [1.807, 2.05) is 6.92 Å². The highest BCUT2D eigenvalue weighted by Gasteiger charge is 2.13. The molecule has 1 fully saturated rings. The van der Waals surface area contributed by atoms with Gasteiger partial charge in [0.25, 0.3) is 0 Å². The lowest BCUT2D eigenvalue weighted by molar-refractivity contribution is 0.177. The maximum absolute atomic E-state index is 9.88. The number of ether oxygens (including phenoxy) is 1. The summed E-state index contributed by atoms with van der Waals surface area (Å²) in [5.41, 5.74) is 1.24. The number of hydrogen-bond donors (Lipinski definition) is 2. The van der Waals surface area contributed by atoms with Crippen molar-refractivity contribution in [3.05, 3.63) is 17.2 Å². The van der Waals surface area contributed by atoms with Gasteiger partial charge in [-0.1, -0.05) is 12.8 Å². The van der Waals surface area contributed by atoms with Crippen LogP contribution in [0.1, 0.15) is 49.3 Å². The Morgan fingerprint density at radius 2 is 2.00 bits per heavy atom. The molecular weight excluding hydrogens is 266 g/mol. The highest BCUT2D eigenvalue weighted by Crippen LogP contribution is 2.21. The number of methoxy groups -OCH3 is 1. The highest BCUT2D eigenvalue weighted by atomic mass is 16.5. The van der Waals surface area contributed by atoms with E-state index in [0.29, 0.717) is 18.0 Å². The van der Waals surface area contributed by atoms with Gasteiger partial charge in [0.15, 0.2) is 5.75 Å². The second-order valence-electron chi connectivity index (χ2n) is 5.89. The molecule has 0 bridgehead atoms. The van der Waals surface area contributed by atoms with Gasteiger partial charge in [0.2, 0.25) is 0 Å². The lowest BCUT2D eigenvalue weighted by Crippen LogP contribution is -2.27. The van der Waals surface area contributed by atoms with Crippen molar-refractivity contribution >= 4 is 0 Å². The van der Waals surface area contributed by atoms with Gasteiger partial charge in [0, 0.05) is 13.5 Å². The molecule has 0 radical (unpaired) electrons. The zero-order valence-electron chi connectivity index (χ0n) is 13.2. The molecule has 21 heavy (non-hydrogen) atoms. The first-order chi connectivity index (χ1) is 10.2. The number of nitrogens with zero attached hydrogens (tertiary/aromatic N) is 2. The zero-order chi connectivity index (χ0) is 15.1. The molecule has 5 heteroatoms. The number of unbranched alkanes of at least 4 members (excludes halogenated alkanes) is 1. The van der Waals surface area contributed by atoms with Crippen LogP contribution in [0.15, 0.2) is 0 Å². The third kappa shape index (κ3) is 4.93. The molecule has 0 aliphatic carbocycles.